The van der Waals surface area contributed by atoms with Crippen molar-refractivity contribution in [1.29, 1.82) is 0 Å². The maximum Gasteiger partial charge on any atom is 0.129 e. The number of rotatable bonds is 2. The van der Waals surface area contributed by atoms with Crippen LogP contribution in [-0.4, -0.2) is 9.55 Å². The molecule has 2 nitrogen and oxygen atoms in total. The Hall–Kier alpha value is -1.39. The molecule has 0 amide bonds. The van der Waals surface area contributed by atoms with Crippen LogP contribution >= 0.6 is 27.5 Å². The van der Waals surface area contributed by atoms with Crippen molar-refractivity contribution < 1.29 is 4.39 Å². The van der Waals surface area contributed by atoms with E-state index in [2.05, 4.69) is 20.9 Å². The summed E-state index contributed by atoms with van der Waals surface area (Å²) in [6, 6.07) is 8.66. The molecule has 0 aliphatic heterocycles. The van der Waals surface area contributed by atoms with E-state index in [0.717, 1.165) is 32.3 Å². The van der Waals surface area contributed by atoms with Crippen LogP contribution in [0.5, 0.6) is 0 Å². The van der Waals surface area contributed by atoms with Crippen LogP contribution in [0.4, 0.5) is 4.39 Å². The lowest BCUT2D eigenvalue weighted by molar-refractivity contribution is 0.629. The van der Waals surface area contributed by atoms with Gasteiger partial charge in [-0.3, -0.25) is 4.57 Å². The molecule has 0 spiro atoms. The molecular formula is C16H13BrClFN2. The summed E-state index contributed by atoms with van der Waals surface area (Å²) in [5, 5.41) is 0. The third kappa shape index (κ3) is 2.47. The number of aromatic nitrogens is 2. The highest BCUT2D eigenvalue weighted by atomic mass is 79.9. The van der Waals surface area contributed by atoms with Gasteiger partial charge in [0.1, 0.15) is 11.6 Å². The van der Waals surface area contributed by atoms with Gasteiger partial charge in [0.05, 0.1) is 22.6 Å². The number of aryl methyl sites for hydroxylation is 2. The Morgan fingerprint density at radius 3 is 2.48 bits per heavy atom. The molecule has 0 fully saturated rings. The Labute approximate surface area is 135 Å². The summed E-state index contributed by atoms with van der Waals surface area (Å²) >= 11 is 9.54. The molecule has 0 aliphatic carbocycles. The van der Waals surface area contributed by atoms with Crippen molar-refractivity contribution >= 4 is 38.6 Å². The molecule has 3 aromatic rings. The molecule has 1 heterocycles. The smallest absolute Gasteiger partial charge is 0.129 e. The summed E-state index contributed by atoms with van der Waals surface area (Å²) in [6.45, 7) is 4.05. The summed E-state index contributed by atoms with van der Waals surface area (Å²) in [6.07, 6.45) is 0. The fourth-order valence-electron chi connectivity index (χ4n) is 2.69. The average Bonchev–Trinajstić information content (AvgIpc) is 2.76. The highest BCUT2D eigenvalue weighted by molar-refractivity contribution is 9.10. The van der Waals surface area contributed by atoms with Gasteiger partial charge in [0.15, 0.2) is 0 Å². The molecule has 0 radical (unpaired) electrons. The van der Waals surface area contributed by atoms with Gasteiger partial charge in [-0.15, -0.1) is 11.6 Å². The predicted octanol–water partition coefficient (Wildman–Crippen LogP) is 5.28. The fraction of sp³-hybridized carbons (Fsp3) is 0.188. The molecule has 21 heavy (non-hydrogen) atoms. The molecule has 0 bridgehead atoms. The first-order valence-electron chi connectivity index (χ1n) is 6.51. The Kier molecular flexibility index (Phi) is 3.76. The third-order valence-corrected chi connectivity index (χ3v) is 4.18. The Morgan fingerprint density at radius 2 is 1.86 bits per heavy atom. The highest BCUT2D eigenvalue weighted by Gasteiger charge is 2.16. The molecule has 1 aromatic heterocycles. The fourth-order valence-corrected chi connectivity index (χ4v) is 3.56. The minimum atomic E-state index is -0.280. The van der Waals surface area contributed by atoms with Gasteiger partial charge in [-0.1, -0.05) is 15.9 Å². The van der Waals surface area contributed by atoms with Crippen LogP contribution in [-0.2, 0) is 5.88 Å². The van der Waals surface area contributed by atoms with E-state index in [1.807, 2.05) is 30.5 Å². The monoisotopic (exact) mass is 366 g/mol. The number of halogens is 3. The average molecular weight is 368 g/mol. The molecule has 0 saturated carbocycles. The first-order chi connectivity index (χ1) is 10.0. The zero-order chi connectivity index (χ0) is 15.1. The predicted molar refractivity (Wildman–Crippen MR) is 87.8 cm³/mol. The number of benzene rings is 2. The number of hydrogen-bond acceptors (Lipinski definition) is 1. The van der Waals surface area contributed by atoms with Gasteiger partial charge in [0.2, 0.25) is 0 Å². The summed E-state index contributed by atoms with van der Waals surface area (Å²) in [7, 11) is 0. The van der Waals surface area contributed by atoms with E-state index in [-0.39, 0.29) is 11.7 Å². The van der Waals surface area contributed by atoms with Gasteiger partial charge in [-0.2, -0.15) is 0 Å². The number of fused-ring (bicyclic) bond motifs is 1. The summed E-state index contributed by atoms with van der Waals surface area (Å²) in [5.41, 5.74) is 4.64. The molecule has 3 rings (SSSR count). The van der Waals surface area contributed by atoms with E-state index in [1.54, 1.807) is 6.07 Å². The van der Waals surface area contributed by atoms with Gasteiger partial charge in [-0.05, 0) is 49.2 Å². The Balaban J connectivity index is 2.41. The van der Waals surface area contributed by atoms with Crippen LogP contribution in [0.1, 0.15) is 17.0 Å². The Morgan fingerprint density at radius 1 is 1.19 bits per heavy atom. The lowest BCUT2D eigenvalue weighted by Crippen LogP contribution is -2.04. The number of alkyl halides is 1. The minimum absolute atomic E-state index is 0.269. The standard InChI is InChI=1S/C16H13BrClFN2/c1-9-5-11(17)6-10(2)16(9)21-14-7-12(19)3-4-13(14)20-15(21)8-18/h3-7H,8H2,1-2H3. The first kappa shape index (κ1) is 14.5. The number of hydrogen-bond donors (Lipinski definition) is 0. The third-order valence-electron chi connectivity index (χ3n) is 3.48. The quantitative estimate of drug-likeness (QED) is 0.563. The molecule has 0 N–H and O–H groups in total. The number of imidazole rings is 1. The van der Waals surface area contributed by atoms with Gasteiger partial charge >= 0.3 is 0 Å². The molecule has 0 saturated heterocycles. The Bertz CT molecular complexity index is 819. The van der Waals surface area contributed by atoms with Crippen LogP contribution in [0.2, 0.25) is 0 Å². The second-order valence-corrected chi connectivity index (χ2v) is 6.20. The topological polar surface area (TPSA) is 17.8 Å². The molecule has 0 aliphatic rings. The second kappa shape index (κ2) is 5.43. The summed E-state index contributed by atoms with van der Waals surface area (Å²) in [4.78, 5) is 4.51. The largest absolute Gasteiger partial charge is 0.295 e. The molecule has 5 heteroatoms. The maximum atomic E-state index is 13.6. The van der Waals surface area contributed by atoms with E-state index < -0.39 is 0 Å². The molecular weight excluding hydrogens is 355 g/mol. The van der Waals surface area contributed by atoms with Crippen molar-refractivity contribution in [2.75, 3.05) is 0 Å². The van der Waals surface area contributed by atoms with E-state index in [9.17, 15) is 4.39 Å². The van der Waals surface area contributed by atoms with E-state index in [1.165, 1.54) is 12.1 Å². The molecule has 0 unspecified atom stereocenters. The van der Waals surface area contributed by atoms with Crippen LogP contribution in [0.25, 0.3) is 16.7 Å². The van der Waals surface area contributed by atoms with Crippen molar-refractivity contribution in [2.24, 2.45) is 0 Å². The van der Waals surface area contributed by atoms with E-state index >= 15 is 0 Å². The van der Waals surface area contributed by atoms with Crippen LogP contribution < -0.4 is 0 Å². The van der Waals surface area contributed by atoms with Gasteiger partial charge in [-0.25, -0.2) is 9.37 Å². The van der Waals surface area contributed by atoms with E-state index in [0.29, 0.717) is 5.82 Å². The van der Waals surface area contributed by atoms with Crippen molar-refractivity contribution in [3.63, 3.8) is 0 Å². The van der Waals surface area contributed by atoms with Crippen molar-refractivity contribution in [3.8, 4) is 5.69 Å². The van der Waals surface area contributed by atoms with Gasteiger partial charge in [0.25, 0.3) is 0 Å². The first-order valence-corrected chi connectivity index (χ1v) is 7.84. The van der Waals surface area contributed by atoms with Crippen molar-refractivity contribution in [3.05, 3.63) is 57.6 Å². The van der Waals surface area contributed by atoms with Crippen molar-refractivity contribution in [2.45, 2.75) is 19.7 Å². The maximum absolute atomic E-state index is 13.6. The van der Waals surface area contributed by atoms with Crippen LogP contribution in [0.15, 0.2) is 34.8 Å². The van der Waals surface area contributed by atoms with Crippen molar-refractivity contribution in [1.82, 2.24) is 9.55 Å². The summed E-state index contributed by atoms with van der Waals surface area (Å²) in [5.74, 6) is 0.702. The zero-order valence-corrected chi connectivity index (χ0v) is 14.0. The van der Waals surface area contributed by atoms with E-state index in [4.69, 9.17) is 11.6 Å². The van der Waals surface area contributed by atoms with Crippen LogP contribution in [0.3, 0.4) is 0 Å². The lowest BCUT2D eigenvalue weighted by Gasteiger charge is -2.15. The minimum Gasteiger partial charge on any atom is -0.295 e. The summed E-state index contributed by atoms with van der Waals surface area (Å²) < 4.78 is 16.6. The van der Waals surface area contributed by atoms with Crippen LogP contribution in [0, 0.1) is 19.7 Å². The molecule has 0 atom stereocenters. The normalized spacial score (nSPS) is 11.3. The lowest BCUT2D eigenvalue weighted by atomic mass is 10.1. The molecule has 2 aromatic carbocycles. The van der Waals surface area contributed by atoms with Gasteiger partial charge < -0.3 is 0 Å². The number of nitrogens with zero attached hydrogens (tertiary/aromatic N) is 2. The highest BCUT2D eigenvalue weighted by Crippen LogP contribution is 2.30. The zero-order valence-electron chi connectivity index (χ0n) is 11.6. The van der Waals surface area contributed by atoms with Gasteiger partial charge in [0, 0.05) is 10.5 Å². The second-order valence-electron chi connectivity index (χ2n) is 5.02. The molecule has 108 valence electrons. The SMILES string of the molecule is Cc1cc(Br)cc(C)c1-n1c(CCl)nc2ccc(F)cc21.